The van der Waals surface area contributed by atoms with Crippen LogP contribution in [0.15, 0.2) is 36.4 Å². The predicted molar refractivity (Wildman–Crippen MR) is 130 cm³/mol. The molecular formula is C27H41NO5. The minimum absolute atomic E-state index is 0.157. The maximum Gasteiger partial charge on any atom is 0.352 e. The molecule has 1 aromatic carbocycles. The van der Waals surface area contributed by atoms with Gasteiger partial charge in [-0.2, -0.15) is 5.06 Å². The van der Waals surface area contributed by atoms with Crippen LogP contribution in [0.3, 0.4) is 0 Å². The van der Waals surface area contributed by atoms with Gasteiger partial charge >= 0.3 is 11.9 Å². The Morgan fingerprint density at radius 3 is 2.03 bits per heavy atom. The molecule has 184 valence electrons. The van der Waals surface area contributed by atoms with Crippen LogP contribution in [0.5, 0.6) is 0 Å². The van der Waals surface area contributed by atoms with E-state index in [4.69, 9.17) is 14.3 Å². The van der Waals surface area contributed by atoms with Crippen molar-refractivity contribution in [2.75, 3.05) is 13.2 Å². The summed E-state index contributed by atoms with van der Waals surface area (Å²) in [4.78, 5) is 33.0. The molecule has 1 aromatic rings. The van der Waals surface area contributed by atoms with Crippen molar-refractivity contribution in [3.8, 4) is 0 Å². The van der Waals surface area contributed by atoms with E-state index >= 15 is 0 Å². The minimum atomic E-state index is -1.83. The van der Waals surface area contributed by atoms with Crippen molar-refractivity contribution in [3.05, 3.63) is 42.0 Å². The number of unbranched alkanes of at least 4 members (excludes halogenated alkanes) is 1. The van der Waals surface area contributed by atoms with Crippen molar-refractivity contribution in [1.29, 1.82) is 0 Å². The highest BCUT2D eigenvalue weighted by Gasteiger charge is 2.56. The van der Waals surface area contributed by atoms with Crippen molar-refractivity contribution >= 4 is 18.0 Å². The third-order valence-electron chi connectivity index (χ3n) is 6.14. The smallest absolute Gasteiger partial charge is 0.352 e. The van der Waals surface area contributed by atoms with E-state index in [1.54, 1.807) is 13.8 Å². The van der Waals surface area contributed by atoms with Gasteiger partial charge in [0.25, 0.3) is 5.60 Å². The molecule has 0 aromatic heterocycles. The normalized spacial score (nSPS) is 18.2. The maximum absolute atomic E-state index is 13.3. The van der Waals surface area contributed by atoms with Crippen LogP contribution < -0.4 is 0 Å². The highest BCUT2D eigenvalue weighted by Crippen LogP contribution is 2.41. The molecule has 1 aliphatic rings. The van der Waals surface area contributed by atoms with E-state index in [-0.39, 0.29) is 30.7 Å². The topological polar surface area (TPSA) is 65.1 Å². The van der Waals surface area contributed by atoms with E-state index in [1.807, 2.05) is 47.5 Å². The van der Waals surface area contributed by atoms with Crippen molar-refractivity contribution in [2.24, 2.45) is 0 Å². The van der Waals surface area contributed by atoms with Crippen molar-refractivity contribution < 1.29 is 23.9 Å². The van der Waals surface area contributed by atoms with Gasteiger partial charge in [0.05, 0.1) is 13.2 Å². The fraction of sp³-hybridized carbons (Fsp3) is 0.630. The summed E-state index contributed by atoms with van der Waals surface area (Å²) in [6, 6.07) is 10.0. The molecule has 1 aliphatic heterocycles. The molecule has 0 spiro atoms. The molecule has 0 bridgehead atoms. The molecule has 6 nitrogen and oxygen atoms in total. The zero-order valence-electron chi connectivity index (χ0n) is 21.2. The molecular weight excluding hydrogens is 418 g/mol. The first-order valence-electron chi connectivity index (χ1n) is 12.1. The van der Waals surface area contributed by atoms with E-state index < -0.39 is 17.5 Å². The molecule has 33 heavy (non-hydrogen) atoms. The van der Waals surface area contributed by atoms with E-state index in [2.05, 4.69) is 27.7 Å². The highest BCUT2D eigenvalue weighted by atomic mass is 16.7. The number of carbonyl (C=O) groups excluding carboxylic acids is 2. The standard InChI is InChI=1S/C27H41NO5/c1-7-31-23(29)27(24(30)32-8-2,21-14-10-13-18-22-16-11-9-12-17-22)33-28-25(3,4)19-15-20-26(28,5)6/h9,11-13,16-18H,7-8,10,14-15,19-21H2,1-6H3/b18-13+. The van der Waals surface area contributed by atoms with Gasteiger partial charge in [0.15, 0.2) is 0 Å². The van der Waals surface area contributed by atoms with Crippen LogP contribution in [-0.2, 0) is 23.9 Å². The second-order valence-corrected chi connectivity index (χ2v) is 9.84. The van der Waals surface area contributed by atoms with E-state index in [9.17, 15) is 9.59 Å². The van der Waals surface area contributed by atoms with Gasteiger partial charge in [-0.05, 0) is 79.2 Å². The summed E-state index contributed by atoms with van der Waals surface area (Å²) in [5.41, 5.74) is -1.43. The number of nitrogens with zero attached hydrogens (tertiary/aromatic N) is 1. The number of ether oxygens (including phenoxy) is 2. The molecule has 1 fully saturated rings. The number of hydrogen-bond donors (Lipinski definition) is 0. The largest absolute Gasteiger partial charge is 0.463 e. The van der Waals surface area contributed by atoms with Gasteiger partial charge in [0, 0.05) is 17.5 Å². The molecule has 0 unspecified atom stereocenters. The zero-order chi connectivity index (χ0) is 24.5. The number of piperidine rings is 1. The first-order valence-corrected chi connectivity index (χ1v) is 12.1. The van der Waals surface area contributed by atoms with Gasteiger partial charge in [-0.3, -0.25) is 4.84 Å². The van der Waals surface area contributed by atoms with Crippen molar-refractivity contribution in [1.82, 2.24) is 5.06 Å². The maximum atomic E-state index is 13.3. The third-order valence-corrected chi connectivity index (χ3v) is 6.14. The van der Waals surface area contributed by atoms with Gasteiger partial charge in [-0.15, -0.1) is 0 Å². The molecule has 0 radical (unpaired) electrons. The van der Waals surface area contributed by atoms with Gasteiger partial charge in [-0.25, -0.2) is 9.59 Å². The Balaban J connectivity index is 2.31. The summed E-state index contributed by atoms with van der Waals surface area (Å²) in [7, 11) is 0. The molecule has 0 saturated carbocycles. The first-order chi connectivity index (χ1) is 15.6. The lowest BCUT2D eigenvalue weighted by molar-refractivity contribution is -0.329. The fourth-order valence-corrected chi connectivity index (χ4v) is 4.53. The highest BCUT2D eigenvalue weighted by molar-refractivity contribution is 6.03. The fourth-order valence-electron chi connectivity index (χ4n) is 4.53. The number of hydrogen-bond acceptors (Lipinski definition) is 6. The SMILES string of the molecule is CCOC(=O)C(CCC/C=C/c1ccccc1)(ON1C(C)(C)CCCC1(C)C)C(=O)OCC. The number of allylic oxidation sites excluding steroid dienone is 1. The zero-order valence-corrected chi connectivity index (χ0v) is 21.2. The van der Waals surface area contributed by atoms with Crippen molar-refractivity contribution in [2.45, 2.75) is 96.7 Å². The Morgan fingerprint density at radius 1 is 0.970 bits per heavy atom. The molecule has 2 rings (SSSR count). The lowest BCUT2D eigenvalue weighted by Gasteiger charge is -2.53. The van der Waals surface area contributed by atoms with E-state index in [0.717, 1.165) is 24.8 Å². The molecule has 1 saturated heterocycles. The average molecular weight is 460 g/mol. The molecule has 0 aliphatic carbocycles. The second-order valence-electron chi connectivity index (χ2n) is 9.84. The lowest BCUT2D eigenvalue weighted by Crippen LogP contribution is -2.65. The number of benzene rings is 1. The van der Waals surface area contributed by atoms with Gasteiger partial charge in [0.1, 0.15) is 0 Å². The summed E-state index contributed by atoms with van der Waals surface area (Å²) in [6.07, 6.45) is 8.36. The summed E-state index contributed by atoms with van der Waals surface area (Å²) in [5, 5.41) is 1.84. The Hall–Kier alpha value is -2.18. The Kier molecular flexibility index (Phi) is 9.68. The minimum Gasteiger partial charge on any atom is -0.463 e. The van der Waals surface area contributed by atoms with Crippen LogP contribution >= 0.6 is 0 Å². The summed E-state index contributed by atoms with van der Waals surface area (Å²) in [5.74, 6) is -1.37. The monoisotopic (exact) mass is 459 g/mol. The van der Waals surface area contributed by atoms with Crippen LogP contribution in [-0.4, -0.2) is 46.9 Å². The molecule has 6 heteroatoms. The lowest BCUT2D eigenvalue weighted by atomic mass is 9.82. The average Bonchev–Trinajstić information content (AvgIpc) is 2.75. The summed E-state index contributed by atoms with van der Waals surface area (Å²) >= 11 is 0. The van der Waals surface area contributed by atoms with Crippen LogP contribution in [0.25, 0.3) is 6.08 Å². The molecule has 0 atom stereocenters. The number of carbonyl (C=O) groups is 2. The number of rotatable bonds is 11. The van der Waals surface area contributed by atoms with E-state index in [0.29, 0.717) is 12.8 Å². The van der Waals surface area contributed by atoms with Gasteiger partial charge < -0.3 is 9.47 Å². The first kappa shape index (κ1) is 27.1. The van der Waals surface area contributed by atoms with Gasteiger partial charge in [0.2, 0.25) is 0 Å². The predicted octanol–water partition coefficient (Wildman–Crippen LogP) is 5.71. The van der Waals surface area contributed by atoms with Gasteiger partial charge in [-0.1, -0.05) is 42.5 Å². The molecule has 0 N–H and O–H groups in total. The Morgan fingerprint density at radius 2 is 1.52 bits per heavy atom. The van der Waals surface area contributed by atoms with Crippen LogP contribution in [0, 0.1) is 0 Å². The summed E-state index contributed by atoms with van der Waals surface area (Å²) in [6.45, 7) is 12.1. The Labute approximate surface area is 199 Å². The summed E-state index contributed by atoms with van der Waals surface area (Å²) < 4.78 is 10.7. The second kappa shape index (κ2) is 11.8. The van der Waals surface area contributed by atoms with Crippen molar-refractivity contribution in [3.63, 3.8) is 0 Å². The van der Waals surface area contributed by atoms with Crippen LogP contribution in [0.2, 0.25) is 0 Å². The molecule has 1 heterocycles. The quantitative estimate of drug-likeness (QED) is 0.240. The van der Waals surface area contributed by atoms with Crippen LogP contribution in [0.1, 0.15) is 85.6 Å². The number of hydroxylamine groups is 2. The number of esters is 2. The Bertz CT molecular complexity index is 766. The third kappa shape index (κ3) is 6.90. The van der Waals surface area contributed by atoms with E-state index in [1.165, 1.54) is 0 Å². The molecule has 0 amide bonds. The van der Waals surface area contributed by atoms with Crippen LogP contribution in [0.4, 0.5) is 0 Å².